The minimum Gasteiger partial charge on any atom is -0.452 e. The lowest BCUT2D eigenvalue weighted by Gasteiger charge is -2.37. The van der Waals surface area contributed by atoms with Crippen LogP contribution in [0.4, 0.5) is 0 Å². The van der Waals surface area contributed by atoms with Crippen molar-refractivity contribution in [3.8, 4) is 0 Å². The highest BCUT2D eigenvalue weighted by molar-refractivity contribution is 5.96. The Balaban J connectivity index is 1.96. The van der Waals surface area contributed by atoms with Gasteiger partial charge in [-0.05, 0) is 31.6 Å². The maximum Gasteiger partial charge on any atom is 0.308 e. The summed E-state index contributed by atoms with van der Waals surface area (Å²) in [6.07, 6.45) is -0.393. The predicted octanol–water partition coefficient (Wildman–Crippen LogP) is -0.331. The van der Waals surface area contributed by atoms with Crippen LogP contribution in [-0.4, -0.2) is 120 Å². The first-order chi connectivity index (χ1) is 19.2. The van der Waals surface area contributed by atoms with Crippen LogP contribution >= 0.6 is 0 Å². The van der Waals surface area contributed by atoms with Gasteiger partial charge in [-0.15, -0.1) is 0 Å². The van der Waals surface area contributed by atoms with E-state index in [1.807, 2.05) is 0 Å². The maximum atomic E-state index is 13.8. The second-order valence-electron chi connectivity index (χ2n) is 11.9. The lowest BCUT2D eigenvalue weighted by molar-refractivity contribution is -0.162. The zero-order valence-electron chi connectivity index (χ0n) is 25.2. The minimum absolute atomic E-state index is 0.0539. The molecule has 3 aliphatic heterocycles. The molecular weight excluding hydrogens is 534 g/mol. The second-order valence-corrected chi connectivity index (χ2v) is 11.9. The Morgan fingerprint density at radius 1 is 0.902 bits per heavy atom. The van der Waals surface area contributed by atoms with Gasteiger partial charge in [0.2, 0.25) is 23.6 Å². The number of ether oxygens (including phenoxy) is 2. The number of carbonyl (C=O) groups is 6. The molecule has 41 heavy (non-hydrogen) atoms. The first-order valence-corrected chi connectivity index (χ1v) is 14.5. The summed E-state index contributed by atoms with van der Waals surface area (Å²) in [6, 6.07) is -3.58. The lowest BCUT2D eigenvalue weighted by atomic mass is 9.97. The highest BCUT2D eigenvalue weighted by atomic mass is 16.6. The van der Waals surface area contributed by atoms with Crippen LogP contribution < -0.4 is 10.6 Å². The molecule has 2 N–H and O–H groups in total. The minimum atomic E-state index is -1.13. The van der Waals surface area contributed by atoms with Crippen LogP contribution in [0.25, 0.3) is 0 Å². The van der Waals surface area contributed by atoms with Crippen LogP contribution in [0.2, 0.25) is 0 Å². The molecule has 0 saturated carbocycles. The zero-order chi connectivity index (χ0) is 30.6. The molecule has 5 amide bonds. The number of epoxide rings is 1. The number of carbonyl (C=O) groups excluding carboxylic acids is 6. The molecule has 13 nitrogen and oxygen atoms in total. The van der Waals surface area contributed by atoms with Gasteiger partial charge in [0.05, 0.1) is 19.1 Å². The Kier molecular flexibility index (Phi) is 10.7. The zero-order valence-corrected chi connectivity index (χ0v) is 25.2. The first-order valence-electron chi connectivity index (χ1n) is 14.5. The van der Waals surface area contributed by atoms with Crippen molar-refractivity contribution >= 4 is 35.5 Å². The molecule has 3 fully saturated rings. The molecule has 0 bridgehead atoms. The quantitative estimate of drug-likeness (QED) is 0.339. The molecule has 3 heterocycles. The summed E-state index contributed by atoms with van der Waals surface area (Å²) >= 11 is 0. The van der Waals surface area contributed by atoms with Crippen LogP contribution in [0.3, 0.4) is 0 Å². The summed E-state index contributed by atoms with van der Waals surface area (Å²) in [5.41, 5.74) is 0. The van der Waals surface area contributed by atoms with Gasteiger partial charge in [0.1, 0.15) is 24.2 Å². The summed E-state index contributed by atoms with van der Waals surface area (Å²) in [4.78, 5) is 84.0. The van der Waals surface area contributed by atoms with Crippen molar-refractivity contribution in [1.82, 2.24) is 25.3 Å². The van der Waals surface area contributed by atoms with E-state index in [0.717, 1.165) is 0 Å². The van der Waals surface area contributed by atoms with Crippen molar-refractivity contribution < 1.29 is 38.2 Å². The molecule has 0 aliphatic carbocycles. The van der Waals surface area contributed by atoms with E-state index in [1.54, 1.807) is 34.6 Å². The molecule has 3 aliphatic rings. The molecule has 0 aromatic rings. The van der Waals surface area contributed by atoms with Crippen molar-refractivity contribution in [3.05, 3.63) is 0 Å². The van der Waals surface area contributed by atoms with Crippen LogP contribution in [0.5, 0.6) is 0 Å². The van der Waals surface area contributed by atoms with E-state index in [-0.39, 0.29) is 37.3 Å². The number of amides is 5. The molecule has 3 rings (SSSR count). The summed E-state index contributed by atoms with van der Waals surface area (Å²) in [6.45, 7) is 9.46. The number of rotatable bonds is 4. The Bertz CT molecular complexity index is 1030. The molecular formula is C28H45N5O8. The third kappa shape index (κ3) is 7.75. The topological polar surface area (TPSA) is 158 Å². The van der Waals surface area contributed by atoms with E-state index in [9.17, 15) is 28.8 Å². The van der Waals surface area contributed by atoms with Gasteiger partial charge < -0.3 is 34.8 Å². The van der Waals surface area contributed by atoms with Gasteiger partial charge in [0.15, 0.2) is 6.10 Å². The van der Waals surface area contributed by atoms with E-state index in [1.165, 1.54) is 28.8 Å². The van der Waals surface area contributed by atoms with Crippen molar-refractivity contribution in [2.75, 3.05) is 33.8 Å². The Morgan fingerprint density at radius 2 is 1.56 bits per heavy atom. The highest BCUT2D eigenvalue weighted by Crippen LogP contribution is 2.25. The molecule has 0 aromatic heterocycles. The molecule has 0 radical (unpaired) electrons. The smallest absolute Gasteiger partial charge is 0.308 e. The van der Waals surface area contributed by atoms with Crippen molar-refractivity contribution in [2.24, 2.45) is 11.8 Å². The van der Waals surface area contributed by atoms with Crippen LogP contribution in [0, 0.1) is 11.8 Å². The molecule has 3 saturated heterocycles. The van der Waals surface area contributed by atoms with Crippen LogP contribution in [0.15, 0.2) is 0 Å². The third-order valence-electron chi connectivity index (χ3n) is 8.08. The van der Waals surface area contributed by atoms with E-state index in [4.69, 9.17) is 9.47 Å². The molecule has 0 aromatic carbocycles. The highest BCUT2D eigenvalue weighted by Gasteiger charge is 2.43. The second kappa shape index (κ2) is 13.6. The molecule has 13 heteroatoms. The average molecular weight is 580 g/mol. The number of fused-ring (bicyclic) bond motifs is 1. The number of cyclic esters (lactones) is 1. The standard InChI is InChI=1S/C28H45N5O8/c1-15(2)22-27(38)32(7)23(16(3)4)28(39)31(6)17(5)24(35)29-11-10-21(34)41-20(13-18-14-40-18)26(37)33-12-8-9-19(33)25(36)30-22/h15-20,22-23H,8-14H2,1-7H3,(H,29,35)(H,30,36)/t17-,18?,19-,20+,22-,23?/m0/s1. The molecule has 2 unspecified atom stereocenters. The molecule has 6 atom stereocenters. The maximum absolute atomic E-state index is 13.8. The third-order valence-corrected chi connectivity index (χ3v) is 8.08. The number of likely N-dealkylation sites (N-methyl/N-ethyl adjacent to an activating group) is 2. The van der Waals surface area contributed by atoms with Gasteiger partial charge >= 0.3 is 5.97 Å². The van der Waals surface area contributed by atoms with Gasteiger partial charge in [-0.25, -0.2) is 0 Å². The van der Waals surface area contributed by atoms with Crippen molar-refractivity contribution in [1.29, 1.82) is 0 Å². The van der Waals surface area contributed by atoms with Crippen molar-refractivity contribution in [3.63, 3.8) is 0 Å². The number of nitrogens with zero attached hydrogens (tertiary/aromatic N) is 3. The van der Waals surface area contributed by atoms with Gasteiger partial charge in [0.25, 0.3) is 5.91 Å². The Morgan fingerprint density at radius 3 is 2.15 bits per heavy atom. The van der Waals surface area contributed by atoms with Crippen LogP contribution in [-0.2, 0) is 38.2 Å². The first kappa shape index (κ1) is 32.3. The summed E-state index contributed by atoms with van der Waals surface area (Å²) in [5.74, 6) is -3.61. The number of esters is 1. The van der Waals surface area contributed by atoms with E-state index in [2.05, 4.69) is 10.6 Å². The normalized spacial score (nSPS) is 31.4. The summed E-state index contributed by atoms with van der Waals surface area (Å²) in [7, 11) is 3.01. The average Bonchev–Trinajstić information content (AvgIpc) is 3.59. The van der Waals surface area contributed by atoms with E-state index < -0.39 is 65.8 Å². The van der Waals surface area contributed by atoms with Gasteiger partial charge in [-0.3, -0.25) is 28.8 Å². The van der Waals surface area contributed by atoms with E-state index >= 15 is 0 Å². The number of hydrogen-bond donors (Lipinski definition) is 2. The fourth-order valence-electron chi connectivity index (χ4n) is 5.38. The monoisotopic (exact) mass is 579 g/mol. The van der Waals surface area contributed by atoms with Gasteiger partial charge in [-0.2, -0.15) is 0 Å². The van der Waals surface area contributed by atoms with Gasteiger partial charge in [0, 0.05) is 33.6 Å². The Labute approximate surface area is 241 Å². The predicted molar refractivity (Wildman–Crippen MR) is 147 cm³/mol. The number of nitrogens with one attached hydrogen (secondary N) is 2. The van der Waals surface area contributed by atoms with Gasteiger partial charge in [-0.1, -0.05) is 27.7 Å². The van der Waals surface area contributed by atoms with Crippen LogP contribution in [0.1, 0.15) is 60.3 Å². The summed E-state index contributed by atoms with van der Waals surface area (Å²) < 4.78 is 10.8. The number of hydrogen-bond acceptors (Lipinski definition) is 8. The Hall–Kier alpha value is -3.22. The molecule has 230 valence electrons. The van der Waals surface area contributed by atoms with E-state index in [0.29, 0.717) is 26.0 Å². The fraction of sp³-hybridized carbons (Fsp3) is 0.786. The SMILES string of the molecule is CC(C)C1C(=O)N(C)[C@@H](C)C(=O)NCCC(=O)O[C@H](CC2CO2)C(=O)N2CCC[C@H]2C(=O)N[C@@H](C(C)C)C(=O)N1C. The fourth-order valence-corrected chi connectivity index (χ4v) is 5.38. The summed E-state index contributed by atoms with van der Waals surface area (Å²) in [5, 5.41) is 5.48. The lowest BCUT2D eigenvalue weighted by Crippen LogP contribution is -2.60. The van der Waals surface area contributed by atoms with Crippen molar-refractivity contribution in [2.45, 2.75) is 96.7 Å². The molecule has 0 spiro atoms. The largest absolute Gasteiger partial charge is 0.452 e.